The van der Waals surface area contributed by atoms with Gasteiger partial charge in [-0.1, -0.05) is 30.3 Å². The highest BCUT2D eigenvalue weighted by atomic mass is 16.2. The van der Waals surface area contributed by atoms with E-state index < -0.39 is 5.91 Å². The minimum absolute atomic E-state index is 0.132. The minimum atomic E-state index is -0.648. The van der Waals surface area contributed by atoms with Gasteiger partial charge in [-0.25, -0.2) is 0 Å². The normalized spacial score (nSPS) is 13.8. The van der Waals surface area contributed by atoms with E-state index in [0.29, 0.717) is 18.4 Å². The first-order valence-corrected chi connectivity index (χ1v) is 5.44. The molecule has 1 aliphatic rings. The van der Waals surface area contributed by atoms with Gasteiger partial charge in [-0.05, 0) is 24.0 Å². The van der Waals surface area contributed by atoms with Crippen molar-refractivity contribution >= 4 is 17.3 Å². The molecule has 0 spiro atoms. The zero-order chi connectivity index (χ0) is 12.4. The van der Waals surface area contributed by atoms with Crippen LogP contribution >= 0.6 is 0 Å². The third-order valence-corrected chi connectivity index (χ3v) is 2.87. The predicted molar refractivity (Wildman–Crippen MR) is 66.3 cm³/mol. The third kappa shape index (κ3) is 1.80. The first-order chi connectivity index (χ1) is 8.16. The molecule has 3 heteroatoms. The molecule has 0 saturated carbocycles. The number of allylic oxidation sites excluding steroid dienone is 2. The van der Waals surface area contributed by atoms with E-state index in [1.807, 2.05) is 12.1 Å². The lowest BCUT2D eigenvalue weighted by molar-refractivity contribution is -0.114. The van der Waals surface area contributed by atoms with Crippen molar-refractivity contribution in [1.29, 1.82) is 0 Å². The molecule has 2 rings (SSSR count). The second kappa shape index (κ2) is 4.37. The Bertz CT molecular complexity index is 541. The van der Waals surface area contributed by atoms with Gasteiger partial charge in [0, 0.05) is 5.56 Å². The summed E-state index contributed by atoms with van der Waals surface area (Å²) < 4.78 is 0. The standard InChI is InChI=1S/C14H13NO2/c1-2-3-6-10-9-7-4-5-8-11(9)13(16)12(10)14(15)17/h2,4-5,7-8H,1,3,6H2,(H2,15,17). The SMILES string of the molecule is C=CCCC1=C(C(N)=O)C(=O)c2ccccc21. The molecule has 2 N–H and O–H groups in total. The van der Waals surface area contributed by atoms with Crippen molar-refractivity contribution in [2.45, 2.75) is 12.8 Å². The number of carbonyl (C=O) groups excluding carboxylic acids is 2. The number of fused-ring (bicyclic) bond motifs is 1. The van der Waals surface area contributed by atoms with Crippen molar-refractivity contribution in [3.05, 3.63) is 53.6 Å². The molecule has 1 aromatic rings. The van der Waals surface area contributed by atoms with Crippen molar-refractivity contribution in [1.82, 2.24) is 0 Å². The lowest BCUT2D eigenvalue weighted by Gasteiger charge is -2.03. The number of hydrogen-bond acceptors (Lipinski definition) is 2. The van der Waals surface area contributed by atoms with Crippen LogP contribution in [0, 0.1) is 0 Å². The van der Waals surface area contributed by atoms with Crippen LogP contribution in [0.1, 0.15) is 28.8 Å². The van der Waals surface area contributed by atoms with Gasteiger partial charge in [-0.3, -0.25) is 9.59 Å². The molecule has 1 amide bonds. The highest BCUT2D eigenvalue weighted by molar-refractivity contribution is 6.34. The quantitative estimate of drug-likeness (QED) is 0.632. The van der Waals surface area contributed by atoms with Gasteiger partial charge < -0.3 is 5.73 Å². The van der Waals surface area contributed by atoms with Crippen LogP contribution in [0.15, 0.2) is 42.5 Å². The molecule has 17 heavy (non-hydrogen) atoms. The summed E-state index contributed by atoms with van der Waals surface area (Å²) in [5.41, 5.74) is 7.56. The van der Waals surface area contributed by atoms with Crippen LogP contribution in [-0.2, 0) is 4.79 Å². The van der Waals surface area contributed by atoms with E-state index in [9.17, 15) is 9.59 Å². The number of ketones is 1. The Morgan fingerprint density at radius 3 is 2.53 bits per heavy atom. The zero-order valence-electron chi connectivity index (χ0n) is 9.40. The summed E-state index contributed by atoms with van der Waals surface area (Å²) in [4.78, 5) is 23.4. The molecule has 3 nitrogen and oxygen atoms in total. The minimum Gasteiger partial charge on any atom is -0.365 e. The van der Waals surface area contributed by atoms with E-state index in [0.717, 1.165) is 11.1 Å². The predicted octanol–water partition coefficient (Wildman–Crippen LogP) is 2.09. The van der Waals surface area contributed by atoms with Gasteiger partial charge >= 0.3 is 0 Å². The summed E-state index contributed by atoms with van der Waals surface area (Å²) in [7, 11) is 0. The maximum Gasteiger partial charge on any atom is 0.252 e. The molecule has 0 aliphatic heterocycles. The highest BCUT2D eigenvalue weighted by Gasteiger charge is 2.31. The summed E-state index contributed by atoms with van der Waals surface area (Å²) >= 11 is 0. The van der Waals surface area contributed by atoms with Crippen molar-refractivity contribution in [3.63, 3.8) is 0 Å². The van der Waals surface area contributed by atoms with Gasteiger partial charge in [-0.2, -0.15) is 0 Å². The number of hydrogen-bond donors (Lipinski definition) is 1. The van der Waals surface area contributed by atoms with E-state index in [1.54, 1.807) is 18.2 Å². The Labute approximate surface area is 99.6 Å². The van der Waals surface area contributed by atoms with Gasteiger partial charge in [0.05, 0.1) is 5.57 Å². The lowest BCUT2D eigenvalue weighted by atomic mass is 10.0. The van der Waals surface area contributed by atoms with E-state index in [-0.39, 0.29) is 11.4 Å². The fourth-order valence-electron chi connectivity index (χ4n) is 2.12. The monoisotopic (exact) mass is 227 g/mol. The Kier molecular flexibility index (Phi) is 2.91. The van der Waals surface area contributed by atoms with Crippen LogP contribution < -0.4 is 5.73 Å². The fourth-order valence-corrected chi connectivity index (χ4v) is 2.12. The first kappa shape index (κ1) is 11.3. The molecule has 0 bridgehead atoms. The molecule has 0 atom stereocenters. The number of carbonyl (C=O) groups is 2. The highest BCUT2D eigenvalue weighted by Crippen LogP contribution is 2.35. The van der Waals surface area contributed by atoms with Crippen LogP contribution in [0.5, 0.6) is 0 Å². The van der Waals surface area contributed by atoms with Crippen LogP contribution in [0.4, 0.5) is 0 Å². The average molecular weight is 227 g/mol. The summed E-state index contributed by atoms with van der Waals surface area (Å²) in [5.74, 6) is -0.905. The molecular weight excluding hydrogens is 214 g/mol. The van der Waals surface area contributed by atoms with Gasteiger partial charge in [0.25, 0.3) is 5.91 Å². The number of Topliss-reactive ketones (excluding diaryl/α,β-unsaturated/α-hetero) is 1. The van der Waals surface area contributed by atoms with Crippen molar-refractivity contribution < 1.29 is 9.59 Å². The number of rotatable bonds is 4. The van der Waals surface area contributed by atoms with Crippen molar-refractivity contribution in [3.8, 4) is 0 Å². The van der Waals surface area contributed by atoms with Crippen LogP contribution in [0.25, 0.3) is 5.57 Å². The molecule has 86 valence electrons. The molecule has 0 aromatic heterocycles. The van der Waals surface area contributed by atoms with Crippen LogP contribution in [-0.4, -0.2) is 11.7 Å². The number of primary amides is 1. The second-order valence-corrected chi connectivity index (χ2v) is 3.92. The Morgan fingerprint density at radius 1 is 1.29 bits per heavy atom. The molecule has 1 aliphatic carbocycles. The molecule has 0 unspecified atom stereocenters. The fraction of sp³-hybridized carbons (Fsp3) is 0.143. The maximum absolute atomic E-state index is 12.0. The number of amides is 1. The van der Waals surface area contributed by atoms with E-state index in [4.69, 9.17) is 5.73 Å². The first-order valence-electron chi connectivity index (χ1n) is 5.44. The van der Waals surface area contributed by atoms with Gasteiger partial charge in [-0.15, -0.1) is 6.58 Å². The summed E-state index contributed by atoms with van der Waals surface area (Å²) in [6.07, 6.45) is 3.09. The molecule has 0 radical (unpaired) electrons. The van der Waals surface area contributed by atoms with Crippen molar-refractivity contribution in [2.24, 2.45) is 5.73 Å². The second-order valence-electron chi connectivity index (χ2n) is 3.92. The Hall–Kier alpha value is -2.16. The lowest BCUT2D eigenvalue weighted by Crippen LogP contribution is -2.19. The molecule has 0 heterocycles. The van der Waals surface area contributed by atoms with Crippen LogP contribution in [0.2, 0.25) is 0 Å². The molecule has 0 saturated heterocycles. The number of benzene rings is 1. The largest absolute Gasteiger partial charge is 0.365 e. The Balaban J connectivity index is 2.55. The summed E-state index contributed by atoms with van der Waals surface area (Å²) in [6.45, 7) is 3.64. The van der Waals surface area contributed by atoms with Gasteiger partial charge in [0.2, 0.25) is 0 Å². The maximum atomic E-state index is 12.0. The van der Waals surface area contributed by atoms with Crippen molar-refractivity contribution in [2.75, 3.05) is 0 Å². The van der Waals surface area contributed by atoms with Crippen LogP contribution in [0.3, 0.4) is 0 Å². The number of nitrogens with two attached hydrogens (primary N) is 1. The van der Waals surface area contributed by atoms with Gasteiger partial charge in [0.1, 0.15) is 0 Å². The van der Waals surface area contributed by atoms with Gasteiger partial charge in [0.15, 0.2) is 5.78 Å². The molecule has 1 aromatic carbocycles. The smallest absolute Gasteiger partial charge is 0.252 e. The summed E-state index contributed by atoms with van der Waals surface area (Å²) in [5, 5.41) is 0. The molecular formula is C14H13NO2. The third-order valence-electron chi connectivity index (χ3n) is 2.87. The summed E-state index contributed by atoms with van der Waals surface area (Å²) in [6, 6.07) is 7.21. The Morgan fingerprint density at radius 2 is 1.94 bits per heavy atom. The van der Waals surface area contributed by atoms with E-state index in [1.165, 1.54) is 0 Å². The van der Waals surface area contributed by atoms with E-state index >= 15 is 0 Å². The average Bonchev–Trinajstić information content (AvgIpc) is 2.60. The van der Waals surface area contributed by atoms with E-state index in [2.05, 4.69) is 6.58 Å². The molecule has 0 fully saturated rings. The zero-order valence-corrected chi connectivity index (χ0v) is 9.40. The topological polar surface area (TPSA) is 60.2 Å².